The third kappa shape index (κ3) is 5.91. The van der Waals surface area contributed by atoms with Gasteiger partial charge in [-0.1, -0.05) is 25.1 Å². The molecule has 9 heteroatoms. The van der Waals surface area contributed by atoms with Crippen molar-refractivity contribution in [2.24, 2.45) is 5.92 Å². The Hall–Kier alpha value is -3.23. The molecule has 9 nitrogen and oxygen atoms in total. The van der Waals surface area contributed by atoms with Gasteiger partial charge in [0.2, 0.25) is 5.91 Å². The second-order valence-corrected chi connectivity index (χ2v) is 6.59. The third-order valence-electron chi connectivity index (χ3n) is 3.80. The normalized spacial score (nSPS) is 10.7. The fraction of sp³-hybridized carbons (Fsp3) is 0.389. The number of nitrogens with one attached hydrogen (secondary N) is 1. The quantitative estimate of drug-likeness (QED) is 0.560. The smallest absolute Gasteiger partial charge is 0.270 e. The summed E-state index contributed by atoms with van der Waals surface area (Å²) in [5, 5.41) is 17.2. The Morgan fingerprint density at radius 2 is 2.07 bits per heavy atom. The van der Waals surface area contributed by atoms with Crippen molar-refractivity contribution in [1.82, 2.24) is 10.1 Å². The van der Waals surface area contributed by atoms with Crippen molar-refractivity contribution >= 4 is 23.3 Å². The van der Waals surface area contributed by atoms with E-state index in [1.54, 1.807) is 13.0 Å². The first-order valence-corrected chi connectivity index (χ1v) is 8.53. The summed E-state index contributed by atoms with van der Waals surface area (Å²) >= 11 is 0. The highest BCUT2D eigenvalue weighted by Crippen LogP contribution is 2.16. The maximum Gasteiger partial charge on any atom is 0.270 e. The number of carbonyl (C=O) groups excluding carboxylic acids is 2. The molecule has 0 radical (unpaired) electrons. The van der Waals surface area contributed by atoms with Crippen molar-refractivity contribution in [3.63, 3.8) is 0 Å². The zero-order valence-corrected chi connectivity index (χ0v) is 15.5. The van der Waals surface area contributed by atoms with Gasteiger partial charge in [-0.3, -0.25) is 19.7 Å². The molecule has 2 aromatic rings. The van der Waals surface area contributed by atoms with Crippen LogP contribution < -0.4 is 5.32 Å². The Morgan fingerprint density at radius 1 is 1.33 bits per heavy atom. The number of amides is 2. The fourth-order valence-corrected chi connectivity index (χ4v) is 2.38. The molecule has 1 N–H and O–H groups in total. The molecule has 0 saturated carbocycles. The molecule has 0 atom stereocenters. The number of rotatable bonds is 8. The van der Waals surface area contributed by atoms with Crippen molar-refractivity contribution in [3.8, 4) is 0 Å². The lowest BCUT2D eigenvalue weighted by Crippen LogP contribution is -2.39. The lowest BCUT2D eigenvalue weighted by molar-refractivity contribution is -0.384. The molecule has 1 heterocycles. The van der Waals surface area contributed by atoms with Gasteiger partial charge in [-0.05, 0) is 25.3 Å². The lowest BCUT2D eigenvalue weighted by Gasteiger charge is -2.23. The number of non-ortho nitro benzene ring substituents is 1. The van der Waals surface area contributed by atoms with Crippen LogP contribution >= 0.6 is 0 Å². The zero-order valence-electron chi connectivity index (χ0n) is 15.5. The van der Waals surface area contributed by atoms with Crippen molar-refractivity contribution in [1.29, 1.82) is 0 Å². The molecular formula is C18H22N4O5. The molecule has 0 unspecified atom stereocenters. The summed E-state index contributed by atoms with van der Waals surface area (Å²) in [6.45, 7) is 5.87. The third-order valence-corrected chi connectivity index (χ3v) is 3.80. The van der Waals surface area contributed by atoms with Crippen LogP contribution in [-0.4, -0.2) is 39.9 Å². The first-order chi connectivity index (χ1) is 12.8. The molecule has 0 aliphatic rings. The van der Waals surface area contributed by atoms with Crippen molar-refractivity contribution in [2.75, 3.05) is 18.4 Å². The van der Waals surface area contributed by atoms with Crippen LogP contribution in [0.5, 0.6) is 0 Å². The van der Waals surface area contributed by atoms with Crippen molar-refractivity contribution < 1.29 is 19.0 Å². The van der Waals surface area contributed by atoms with E-state index in [0.717, 1.165) is 0 Å². The number of aryl methyl sites for hydroxylation is 1. The number of hydrogen-bond acceptors (Lipinski definition) is 6. The number of hydrogen-bond donors (Lipinski definition) is 1. The van der Waals surface area contributed by atoms with Crippen LogP contribution in [0.15, 0.2) is 34.9 Å². The van der Waals surface area contributed by atoms with E-state index >= 15 is 0 Å². The minimum Gasteiger partial charge on any atom is -0.360 e. The summed E-state index contributed by atoms with van der Waals surface area (Å²) in [5.41, 5.74) is -0.00906. The number of nitro benzene ring substituents is 1. The van der Waals surface area contributed by atoms with Gasteiger partial charge >= 0.3 is 0 Å². The first-order valence-electron chi connectivity index (χ1n) is 8.53. The van der Waals surface area contributed by atoms with Gasteiger partial charge in [-0.15, -0.1) is 0 Å². The number of carbonyl (C=O) groups is 2. The van der Waals surface area contributed by atoms with Gasteiger partial charge in [-0.25, -0.2) is 0 Å². The van der Waals surface area contributed by atoms with Gasteiger partial charge in [0, 0.05) is 30.3 Å². The summed E-state index contributed by atoms with van der Waals surface area (Å²) in [7, 11) is 0. The van der Waals surface area contributed by atoms with Crippen LogP contribution in [0.3, 0.4) is 0 Å². The van der Waals surface area contributed by atoms with E-state index in [-0.39, 0.29) is 23.6 Å². The molecule has 144 valence electrons. The van der Waals surface area contributed by atoms with Gasteiger partial charge < -0.3 is 14.7 Å². The highest BCUT2D eigenvalue weighted by molar-refractivity contribution is 5.99. The Balaban J connectivity index is 2.14. The number of nitrogens with zero attached hydrogens (tertiary/aromatic N) is 3. The molecule has 2 rings (SSSR count). The van der Waals surface area contributed by atoms with E-state index in [2.05, 4.69) is 10.5 Å². The van der Waals surface area contributed by atoms with E-state index < -0.39 is 16.7 Å². The average molecular weight is 374 g/mol. The topological polar surface area (TPSA) is 119 Å². The summed E-state index contributed by atoms with van der Waals surface area (Å²) in [5.74, 6) is 0.280. The van der Waals surface area contributed by atoms with Crippen LogP contribution in [0.25, 0.3) is 0 Å². The molecule has 0 aliphatic carbocycles. The van der Waals surface area contributed by atoms with Crippen LogP contribution in [0, 0.1) is 23.0 Å². The van der Waals surface area contributed by atoms with Crippen LogP contribution in [0.1, 0.15) is 36.4 Å². The van der Waals surface area contributed by atoms with Crippen molar-refractivity contribution in [2.45, 2.75) is 27.2 Å². The second-order valence-electron chi connectivity index (χ2n) is 6.59. The molecule has 1 aromatic carbocycles. The van der Waals surface area contributed by atoms with Gasteiger partial charge in [-0.2, -0.15) is 0 Å². The zero-order chi connectivity index (χ0) is 20.0. The Bertz CT molecular complexity index is 831. The molecule has 0 spiro atoms. The predicted octanol–water partition coefficient (Wildman–Crippen LogP) is 3.02. The summed E-state index contributed by atoms with van der Waals surface area (Å²) in [6, 6.07) is 7.04. The molecule has 0 saturated heterocycles. The number of nitro groups is 1. The number of benzene rings is 1. The number of anilines is 1. The molecule has 1 aromatic heterocycles. The number of aromatic nitrogens is 1. The SMILES string of the molecule is Cc1cc(NC(=O)CN(CCC(C)C)C(=O)c2cccc([N+](=O)[O-])c2)no1. The maximum absolute atomic E-state index is 12.8. The average Bonchev–Trinajstić information content (AvgIpc) is 3.02. The second kappa shape index (κ2) is 8.93. The van der Waals surface area contributed by atoms with E-state index in [4.69, 9.17) is 4.52 Å². The minimum absolute atomic E-state index is 0.165. The fourth-order valence-electron chi connectivity index (χ4n) is 2.38. The van der Waals surface area contributed by atoms with Crippen LogP contribution in [-0.2, 0) is 4.79 Å². The van der Waals surface area contributed by atoms with Gasteiger partial charge in [0.15, 0.2) is 5.82 Å². The summed E-state index contributed by atoms with van der Waals surface area (Å²) in [6.07, 6.45) is 0.691. The Kier molecular flexibility index (Phi) is 6.64. The highest BCUT2D eigenvalue weighted by Gasteiger charge is 2.21. The standard InChI is InChI=1S/C18H22N4O5/c1-12(2)7-8-21(11-17(23)19-16-9-13(3)27-20-16)18(24)14-5-4-6-15(10-14)22(25)26/h4-6,9-10,12H,7-8,11H2,1-3H3,(H,19,20,23). The van der Waals surface area contributed by atoms with Gasteiger partial charge in [0.05, 0.1) is 4.92 Å². The Labute approximate surface area is 156 Å². The lowest BCUT2D eigenvalue weighted by atomic mass is 10.1. The molecule has 0 aliphatic heterocycles. The summed E-state index contributed by atoms with van der Waals surface area (Å²) in [4.78, 5) is 36.9. The Morgan fingerprint density at radius 3 is 2.67 bits per heavy atom. The van der Waals surface area contributed by atoms with Gasteiger partial charge in [0.25, 0.3) is 11.6 Å². The molecule has 0 fully saturated rings. The van der Waals surface area contributed by atoms with Crippen molar-refractivity contribution in [3.05, 3.63) is 51.8 Å². The van der Waals surface area contributed by atoms with E-state index in [9.17, 15) is 19.7 Å². The highest BCUT2D eigenvalue weighted by atomic mass is 16.6. The molecular weight excluding hydrogens is 352 g/mol. The van der Waals surface area contributed by atoms with Crippen LogP contribution in [0.4, 0.5) is 11.5 Å². The largest absolute Gasteiger partial charge is 0.360 e. The molecule has 27 heavy (non-hydrogen) atoms. The van der Waals surface area contributed by atoms with Crippen LogP contribution in [0.2, 0.25) is 0 Å². The predicted molar refractivity (Wildman–Crippen MR) is 98.3 cm³/mol. The maximum atomic E-state index is 12.8. The van der Waals surface area contributed by atoms with E-state index in [1.165, 1.54) is 29.2 Å². The van der Waals surface area contributed by atoms with E-state index in [0.29, 0.717) is 24.6 Å². The first kappa shape index (κ1) is 20.1. The molecule has 0 bridgehead atoms. The van der Waals surface area contributed by atoms with Gasteiger partial charge in [0.1, 0.15) is 12.3 Å². The summed E-state index contributed by atoms with van der Waals surface area (Å²) < 4.78 is 4.89. The van der Waals surface area contributed by atoms with E-state index in [1.807, 2.05) is 13.8 Å². The minimum atomic E-state index is -0.561. The monoisotopic (exact) mass is 374 g/mol. The molecule has 2 amide bonds.